The van der Waals surface area contributed by atoms with Gasteiger partial charge in [-0.2, -0.15) is 0 Å². The third-order valence-corrected chi connectivity index (χ3v) is 3.48. The number of ether oxygens (including phenoxy) is 1. The maximum absolute atomic E-state index is 12.0. The molecule has 0 saturated carbocycles. The molecule has 0 aromatic heterocycles. The molecule has 1 aliphatic heterocycles. The summed E-state index contributed by atoms with van der Waals surface area (Å²) >= 11 is 0. The van der Waals surface area contributed by atoms with Crippen molar-refractivity contribution in [3.8, 4) is 0 Å². The van der Waals surface area contributed by atoms with Gasteiger partial charge in [-0.1, -0.05) is 19.4 Å². The molecule has 0 spiro atoms. The van der Waals surface area contributed by atoms with Crippen molar-refractivity contribution in [2.24, 2.45) is 5.92 Å². The van der Waals surface area contributed by atoms with Crippen molar-refractivity contribution >= 4 is 11.9 Å². The van der Waals surface area contributed by atoms with E-state index in [1.807, 2.05) is 19.1 Å². The Hall–Kier alpha value is -1.88. The maximum Gasteiger partial charge on any atom is 0.308 e. The molecule has 108 valence electrons. The smallest absolute Gasteiger partial charge is 0.308 e. The molecule has 0 bridgehead atoms. The van der Waals surface area contributed by atoms with E-state index in [1.54, 1.807) is 6.07 Å². The SMILES string of the molecule is CCCC(CNC(=O)c1ccc2c(c1)COC2)C(=O)O. The van der Waals surface area contributed by atoms with Crippen LogP contribution in [0.4, 0.5) is 0 Å². The Kier molecular flexibility index (Phi) is 4.74. The predicted molar refractivity (Wildman–Crippen MR) is 73.3 cm³/mol. The minimum Gasteiger partial charge on any atom is -0.481 e. The molecule has 1 amide bonds. The van der Waals surface area contributed by atoms with E-state index in [-0.39, 0.29) is 12.5 Å². The van der Waals surface area contributed by atoms with Crippen molar-refractivity contribution in [1.82, 2.24) is 5.32 Å². The predicted octanol–water partition coefficient (Wildman–Crippen LogP) is 1.95. The Balaban J connectivity index is 1.96. The number of hydrogen-bond donors (Lipinski definition) is 2. The molecule has 0 saturated heterocycles. The molecule has 1 heterocycles. The average molecular weight is 277 g/mol. The second kappa shape index (κ2) is 6.52. The van der Waals surface area contributed by atoms with Gasteiger partial charge in [0.05, 0.1) is 19.1 Å². The van der Waals surface area contributed by atoms with Crippen LogP contribution in [-0.4, -0.2) is 23.5 Å². The Morgan fingerprint density at radius 2 is 2.10 bits per heavy atom. The minimum absolute atomic E-state index is 0.162. The zero-order chi connectivity index (χ0) is 14.5. The number of nitrogens with one attached hydrogen (secondary N) is 1. The molecule has 5 heteroatoms. The lowest BCUT2D eigenvalue weighted by Gasteiger charge is -2.12. The summed E-state index contributed by atoms with van der Waals surface area (Å²) in [5.74, 6) is -1.63. The van der Waals surface area contributed by atoms with Crippen molar-refractivity contribution in [2.75, 3.05) is 6.54 Å². The highest BCUT2D eigenvalue weighted by Crippen LogP contribution is 2.20. The van der Waals surface area contributed by atoms with Gasteiger partial charge in [0.15, 0.2) is 0 Å². The Bertz CT molecular complexity index is 513. The number of carboxylic acids is 1. The zero-order valence-corrected chi connectivity index (χ0v) is 11.5. The van der Waals surface area contributed by atoms with Crippen molar-refractivity contribution in [3.63, 3.8) is 0 Å². The topological polar surface area (TPSA) is 75.6 Å². The van der Waals surface area contributed by atoms with Crippen LogP contribution in [0, 0.1) is 5.92 Å². The fraction of sp³-hybridized carbons (Fsp3) is 0.467. The number of fused-ring (bicyclic) bond motifs is 1. The molecule has 1 aromatic rings. The first kappa shape index (κ1) is 14.5. The van der Waals surface area contributed by atoms with E-state index in [0.717, 1.165) is 17.5 Å². The summed E-state index contributed by atoms with van der Waals surface area (Å²) in [6, 6.07) is 5.45. The quantitative estimate of drug-likeness (QED) is 0.833. The van der Waals surface area contributed by atoms with Crippen LogP contribution in [-0.2, 0) is 22.7 Å². The van der Waals surface area contributed by atoms with Crippen LogP contribution in [0.3, 0.4) is 0 Å². The van der Waals surface area contributed by atoms with Crippen LogP contribution >= 0.6 is 0 Å². The van der Waals surface area contributed by atoms with E-state index >= 15 is 0 Å². The summed E-state index contributed by atoms with van der Waals surface area (Å²) in [7, 11) is 0. The summed E-state index contributed by atoms with van der Waals surface area (Å²) < 4.78 is 5.30. The molecule has 0 aliphatic carbocycles. The van der Waals surface area contributed by atoms with Gasteiger partial charge in [0.2, 0.25) is 0 Å². The normalized spacial score (nSPS) is 14.7. The lowest BCUT2D eigenvalue weighted by molar-refractivity contribution is -0.141. The van der Waals surface area contributed by atoms with Gasteiger partial charge < -0.3 is 15.2 Å². The largest absolute Gasteiger partial charge is 0.481 e. The van der Waals surface area contributed by atoms with Gasteiger partial charge in [0, 0.05) is 12.1 Å². The van der Waals surface area contributed by atoms with Crippen molar-refractivity contribution in [2.45, 2.75) is 33.0 Å². The molecule has 0 radical (unpaired) electrons. The zero-order valence-electron chi connectivity index (χ0n) is 11.5. The highest BCUT2D eigenvalue weighted by molar-refractivity contribution is 5.94. The van der Waals surface area contributed by atoms with E-state index < -0.39 is 11.9 Å². The third kappa shape index (κ3) is 3.36. The van der Waals surface area contributed by atoms with E-state index in [2.05, 4.69) is 5.32 Å². The van der Waals surface area contributed by atoms with Gasteiger partial charge in [-0.3, -0.25) is 9.59 Å². The molecule has 20 heavy (non-hydrogen) atoms. The molecule has 0 fully saturated rings. The second-order valence-corrected chi connectivity index (χ2v) is 5.01. The number of aliphatic carboxylic acids is 1. The van der Waals surface area contributed by atoms with E-state index in [0.29, 0.717) is 25.2 Å². The number of carbonyl (C=O) groups is 2. The van der Waals surface area contributed by atoms with Crippen molar-refractivity contribution in [3.05, 3.63) is 34.9 Å². The summed E-state index contributed by atoms with van der Waals surface area (Å²) in [5.41, 5.74) is 2.69. The van der Waals surface area contributed by atoms with Crippen molar-refractivity contribution in [1.29, 1.82) is 0 Å². The monoisotopic (exact) mass is 277 g/mol. The first-order chi connectivity index (χ1) is 9.61. The molecule has 1 aromatic carbocycles. The third-order valence-electron chi connectivity index (χ3n) is 3.48. The van der Waals surface area contributed by atoms with Crippen LogP contribution < -0.4 is 5.32 Å². The van der Waals surface area contributed by atoms with E-state index in [9.17, 15) is 9.59 Å². The Morgan fingerprint density at radius 3 is 2.80 bits per heavy atom. The molecule has 1 aliphatic rings. The van der Waals surface area contributed by atoms with Crippen LogP contribution in [0.1, 0.15) is 41.3 Å². The lowest BCUT2D eigenvalue weighted by atomic mass is 10.0. The average Bonchev–Trinajstić information content (AvgIpc) is 2.89. The molecule has 1 atom stereocenters. The number of carboxylic acid groups (broad SMARTS) is 1. The summed E-state index contributed by atoms with van der Waals surface area (Å²) in [4.78, 5) is 23.1. The van der Waals surface area contributed by atoms with Crippen LogP contribution in [0.2, 0.25) is 0 Å². The number of rotatable bonds is 6. The van der Waals surface area contributed by atoms with Gasteiger partial charge >= 0.3 is 5.97 Å². The number of hydrogen-bond acceptors (Lipinski definition) is 3. The molecular formula is C15H19NO4. The number of carbonyl (C=O) groups excluding carboxylic acids is 1. The number of amides is 1. The summed E-state index contributed by atoms with van der Waals surface area (Å²) in [5, 5.41) is 11.7. The second-order valence-electron chi connectivity index (χ2n) is 5.01. The fourth-order valence-corrected chi connectivity index (χ4v) is 2.29. The fourth-order valence-electron chi connectivity index (χ4n) is 2.29. The van der Waals surface area contributed by atoms with E-state index in [4.69, 9.17) is 9.84 Å². The minimum atomic E-state index is -0.866. The summed E-state index contributed by atoms with van der Waals surface area (Å²) in [6.07, 6.45) is 1.34. The molecular weight excluding hydrogens is 258 g/mol. The summed E-state index contributed by atoms with van der Waals surface area (Å²) in [6.45, 7) is 3.21. The van der Waals surface area contributed by atoms with Crippen LogP contribution in [0.5, 0.6) is 0 Å². The number of benzene rings is 1. The van der Waals surface area contributed by atoms with Gasteiger partial charge in [0.1, 0.15) is 0 Å². The van der Waals surface area contributed by atoms with Crippen LogP contribution in [0.25, 0.3) is 0 Å². The van der Waals surface area contributed by atoms with Gasteiger partial charge in [0.25, 0.3) is 5.91 Å². The Labute approximate surface area is 117 Å². The highest BCUT2D eigenvalue weighted by Gasteiger charge is 2.19. The maximum atomic E-state index is 12.0. The Morgan fingerprint density at radius 1 is 1.35 bits per heavy atom. The standard InChI is InChI=1S/C15H19NO4/c1-2-3-11(15(18)19)7-16-14(17)10-4-5-12-8-20-9-13(12)6-10/h4-6,11H,2-3,7-9H2,1H3,(H,16,17)(H,18,19). The van der Waals surface area contributed by atoms with E-state index in [1.165, 1.54) is 0 Å². The molecule has 5 nitrogen and oxygen atoms in total. The van der Waals surface area contributed by atoms with Gasteiger partial charge in [-0.15, -0.1) is 0 Å². The van der Waals surface area contributed by atoms with Crippen molar-refractivity contribution < 1.29 is 19.4 Å². The highest BCUT2D eigenvalue weighted by atomic mass is 16.5. The van der Waals surface area contributed by atoms with Gasteiger partial charge in [-0.25, -0.2) is 0 Å². The van der Waals surface area contributed by atoms with Crippen LogP contribution in [0.15, 0.2) is 18.2 Å². The molecule has 2 N–H and O–H groups in total. The first-order valence-electron chi connectivity index (χ1n) is 6.82. The molecule has 2 rings (SSSR count). The molecule has 1 unspecified atom stereocenters. The lowest BCUT2D eigenvalue weighted by Crippen LogP contribution is -2.33. The van der Waals surface area contributed by atoms with Gasteiger partial charge in [-0.05, 0) is 29.7 Å². The first-order valence-corrected chi connectivity index (χ1v) is 6.82.